The molecule has 26 heavy (non-hydrogen) atoms. The Morgan fingerprint density at radius 3 is 0.308 bits per heavy atom. The van der Waals surface area contributed by atoms with E-state index < -0.39 is 30.5 Å². The zero-order chi connectivity index (χ0) is 21.5. The van der Waals surface area contributed by atoms with Crippen molar-refractivity contribution in [3.05, 3.63) is 91.9 Å². The van der Waals surface area contributed by atoms with Crippen molar-refractivity contribution < 1.29 is 82.5 Å². The fourth-order valence-corrected chi connectivity index (χ4v) is 0. The summed E-state index contributed by atoms with van der Waals surface area (Å²) in [6.07, 6.45) is 0. The fraction of sp³-hybridized carbons (Fsp3) is 0. The molecule has 0 aliphatic carbocycles. The molecule has 144 valence electrons. The molecule has 0 spiro atoms. The predicted octanol–water partition coefficient (Wildman–Crippen LogP) is -4.43. The van der Waals surface area contributed by atoms with E-state index in [-0.39, 0.29) is 51.9 Å². The Labute approximate surface area is 174 Å². The molecule has 26 heteroatoms. The van der Waals surface area contributed by atoms with Crippen LogP contribution < -0.4 is 29.6 Å². The minimum atomic E-state index is -1.75. The monoisotopic (exact) mass is 488 g/mol. The van der Waals surface area contributed by atoms with Crippen LogP contribution in [-0.2, 0) is 22.4 Å². The first-order chi connectivity index (χ1) is 10.4. The summed E-state index contributed by atoms with van der Waals surface area (Å²) in [6, 6.07) is 0. The molecule has 0 rings (SSSR count). The van der Waals surface area contributed by atoms with E-state index in [1.807, 2.05) is 0 Å². The maximum Gasteiger partial charge on any atom is 5.00 e. The smallest absolute Gasteiger partial charge is 0.356 e. The SMILES string of the molecule is O=[N+]([O-])[O-].O=[N+]([O-])[O-].O=[N+]([O-])[O-].O=[N+]([O-])[O-].O=[N+]([O-])[O-].O=[N+]([O-])[O-].[Na+].[Nb+5]. The molecule has 0 unspecified atom stereocenters. The second-order valence-electron chi connectivity index (χ2n) is 1.34. The van der Waals surface area contributed by atoms with Gasteiger partial charge in [0.05, 0.1) is 30.5 Å². The second kappa shape index (κ2) is 43.1. The molecule has 0 aliphatic heterocycles. The van der Waals surface area contributed by atoms with Crippen LogP contribution in [0.1, 0.15) is 0 Å². The topological polar surface area (TPSA) is 397 Å². The molecule has 0 heterocycles. The molecule has 0 aromatic heterocycles. The summed E-state index contributed by atoms with van der Waals surface area (Å²) in [5.74, 6) is 0. The van der Waals surface area contributed by atoms with Gasteiger partial charge in [-0.1, -0.05) is 0 Å². The minimum absolute atomic E-state index is 0. The van der Waals surface area contributed by atoms with Gasteiger partial charge in [0.1, 0.15) is 0 Å². The van der Waals surface area contributed by atoms with Crippen LogP contribution in [0.15, 0.2) is 0 Å². The Morgan fingerprint density at radius 1 is 0.308 bits per heavy atom. The standard InChI is InChI=1S/6NO3.Na.Nb/c6*2-1(3)4;;/q6*-1;+1;+5. The van der Waals surface area contributed by atoms with Crippen LogP contribution in [0, 0.1) is 91.9 Å². The van der Waals surface area contributed by atoms with Gasteiger partial charge in [0.15, 0.2) is 0 Å². The molecule has 0 bridgehead atoms. The van der Waals surface area contributed by atoms with E-state index >= 15 is 0 Å². The largest absolute Gasteiger partial charge is 5.00 e. The summed E-state index contributed by atoms with van der Waals surface area (Å²) in [5, 5.41) is 88.5. The van der Waals surface area contributed by atoms with Gasteiger partial charge in [-0.15, -0.1) is 0 Å². The van der Waals surface area contributed by atoms with Crippen LogP contribution in [0.25, 0.3) is 0 Å². The molecule has 24 nitrogen and oxygen atoms in total. The summed E-state index contributed by atoms with van der Waals surface area (Å²) in [6.45, 7) is 0. The first-order valence-corrected chi connectivity index (χ1v) is 3.29. The third-order valence-electron chi connectivity index (χ3n) is 0. The Kier molecular flexibility index (Phi) is 82.0. The third kappa shape index (κ3) is 889. The van der Waals surface area contributed by atoms with Crippen molar-refractivity contribution in [2.45, 2.75) is 0 Å². The van der Waals surface area contributed by atoms with Gasteiger partial charge < -0.3 is 91.9 Å². The van der Waals surface area contributed by atoms with Gasteiger partial charge in [-0.2, -0.15) is 0 Å². The average Bonchev–Trinajstić information content (AvgIpc) is 2.08. The summed E-state index contributed by atoms with van der Waals surface area (Å²) in [7, 11) is 0. The maximum atomic E-state index is 8.25. The molecule has 0 saturated heterocycles. The van der Waals surface area contributed by atoms with E-state index in [9.17, 15) is 0 Å². The van der Waals surface area contributed by atoms with Crippen LogP contribution in [0.4, 0.5) is 0 Å². The molecular weight excluding hydrogens is 488 g/mol. The number of hydrogen-bond acceptors (Lipinski definition) is 18. The Balaban J connectivity index is -0.0000000245. The molecule has 0 fully saturated rings. The normalized spacial score (nSPS) is 5.54. The van der Waals surface area contributed by atoms with Gasteiger partial charge in [0.2, 0.25) is 0 Å². The van der Waals surface area contributed by atoms with Gasteiger partial charge in [-0.05, 0) is 0 Å². The van der Waals surface area contributed by atoms with Gasteiger partial charge in [-0.25, -0.2) is 0 Å². The van der Waals surface area contributed by atoms with E-state index in [2.05, 4.69) is 0 Å². The maximum absolute atomic E-state index is 8.25. The van der Waals surface area contributed by atoms with Crippen molar-refractivity contribution in [1.29, 1.82) is 0 Å². The summed E-state index contributed by atoms with van der Waals surface area (Å²) < 4.78 is 0. The summed E-state index contributed by atoms with van der Waals surface area (Å²) >= 11 is 0. The molecule has 0 aromatic rings. The van der Waals surface area contributed by atoms with Crippen molar-refractivity contribution in [3.63, 3.8) is 0 Å². The van der Waals surface area contributed by atoms with E-state index in [4.69, 9.17) is 91.9 Å². The molecule has 0 atom stereocenters. The van der Waals surface area contributed by atoms with Crippen molar-refractivity contribution in [3.8, 4) is 0 Å². The molecule has 0 saturated carbocycles. The Bertz CT molecular complexity index is 263. The fourth-order valence-electron chi connectivity index (χ4n) is 0. The minimum Gasteiger partial charge on any atom is -0.356 e. The second-order valence-corrected chi connectivity index (χ2v) is 1.34. The molecule has 0 amide bonds. The number of rotatable bonds is 0. The number of hydrogen-bond donors (Lipinski definition) is 0. The first-order valence-electron chi connectivity index (χ1n) is 3.29. The number of nitrogens with zero attached hydrogens (tertiary/aromatic N) is 6. The molecule has 0 radical (unpaired) electrons. The summed E-state index contributed by atoms with van der Waals surface area (Å²) in [5.41, 5.74) is 0. The molecule has 0 aliphatic rings. The quantitative estimate of drug-likeness (QED) is 0.176. The molecular formula is N6NaNbO18. The van der Waals surface area contributed by atoms with Crippen LogP contribution in [0.2, 0.25) is 0 Å². The van der Waals surface area contributed by atoms with Gasteiger partial charge in [-0.3, -0.25) is 0 Å². The first kappa shape index (κ1) is 49.5. The zero-order valence-electron chi connectivity index (χ0n) is 11.5. The van der Waals surface area contributed by atoms with Gasteiger partial charge in [0.25, 0.3) is 0 Å². The van der Waals surface area contributed by atoms with Crippen LogP contribution in [-0.4, -0.2) is 30.5 Å². The van der Waals surface area contributed by atoms with E-state index in [1.165, 1.54) is 0 Å². The van der Waals surface area contributed by atoms with E-state index in [1.54, 1.807) is 0 Å². The van der Waals surface area contributed by atoms with Crippen molar-refractivity contribution in [2.24, 2.45) is 0 Å². The Morgan fingerprint density at radius 2 is 0.308 bits per heavy atom. The van der Waals surface area contributed by atoms with E-state index in [0.29, 0.717) is 0 Å². The van der Waals surface area contributed by atoms with Crippen LogP contribution >= 0.6 is 0 Å². The Hall–Kier alpha value is -3.06. The zero-order valence-corrected chi connectivity index (χ0v) is 15.7. The van der Waals surface area contributed by atoms with Gasteiger partial charge >= 0.3 is 51.9 Å². The molecule has 0 aromatic carbocycles. The van der Waals surface area contributed by atoms with Crippen molar-refractivity contribution in [2.75, 3.05) is 0 Å². The van der Waals surface area contributed by atoms with Crippen LogP contribution in [0.3, 0.4) is 0 Å². The predicted molar refractivity (Wildman–Crippen MR) is 62.2 cm³/mol. The van der Waals surface area contributed by atoms with Crippen molar-refractivity contribution >= 4 is 0 Å². The summed E-state index contributed by atoms with van der Waals surface area (Å²) in [4.78, 5) is 49.5. The van der Waals surface area contributed by atoms with Gasteiger partial charge in [0, 0.05) is 0 Å². The molecule has 0 N–H and O–H groups in total. The average molecular weight is 488 g/mol. The van der Waals surface area contributed by atoms with E-state index in [0.717, 1.165) is 0 Å². The third-order valence-corrected chi connectivity index (χ3v) is 0. The van der Waals surface area contributed by atoms with Crippen LogP contribution in [0.5, 0.6) is 0 Å². The van der Waals surface area contributed by atoms with Crippen molar-refractivity contribution in [1.82, 2.24) is 0 Å².